The number of hydrazone groups is 1. The van der Waals surface area contributed by atoms with Gasteiger partial charge in [-0.2, -0.15) is 5.10 Å². The smallest absolute Gasteiger partial charge is 0.360 e. The number of esters is 1. The molecule has 0 saturated heterocycles. The second-order valence-electron chi connectivity index (χ2n) is 6.68. The number of nitrogens with zero attached hydrogens (tertiary/aromatic N) is 4. The number of anilines is 2. The van der Waals surface area contributed by atoms with Crippen molar-refractivity contribution in [2.75, 3.05) is 57.4 Å². The lowest BCUT2D eigenvalue weighted by atomic mass is 10.2. The van der Waals surface area contributed by atoms with E-state index in [1.807, 2.05) is 56.9 Å². The lowest BCUT2D eigenvalue weighted by Gasteiger charge is -2.25. The van der Waals surface area contributed by atoms with E-state index < -0.39 is 5.97 Å². The molecular weight excluding hydrogens is 394 g/mol. The van der Waals surface area contributed by atoms with E-state index in [1.54, 1.807) is 23.9 Å². The molecule has 0 aliphatic carbocycles. The second kappa shape index (κ2) is 13.3. The van der Waals surface area contributed by atoms with Gasteiger partial charge in [-0.15, -0.1) is 0 Å². The maximum atomic E-state index is 12.6. The van der Waals surface area contributed by atoms with Crippen molar-refractivity contribution >= 4 is 23.1 Å². The third-order valence-electron chi connectivity index (χ3n) is 4.64. The van der Waals surface area contributed by atoms with Gasteiger partial charge in [0.05, 0.1) is 32.2 Å². The first-order valence-corrected chi connectivity index (χ1v) is 10.7. The topological polar surface area (TPSA) is 74.2 Å². The summed E-state index contributed by atoms with van der Waals surface area (Å²) in [6.45, 7) is 14.5. The molecule has 31 heavy (non-hydrogen) atoms. The van der Waals surface area contributed by atoms with Gasteiger partial charge < -0.3 is 24.6 Å². The van der Waals surface area contributed by atoms with E-state index in [9.17, 15) is 4.79 Å². The van der Waals surface area contributed by atoms with E-state index in [2.05, 4.69) is 30.4 Å². The highest BCUT2D eigenvalue weighted by Crippen LogP contribution is 2.33. The first-order chi connectivity index (χ1) is 14.8. The quantitative estimate of drug-likeness (QED) is 0.293. The van der Waals surface area contributed by atoms with Crippen molar-refractivity contribution in [3.63, 3.8) is 0 Å². The van der Waals surface area contributed by atoms with Crippen molar-refractivity contribution < 1.29 is 19.6 Å². The van der Waals surface area contributed by atoms with E-state index in [1.165, 1.54) is 0 Å². The molecule has 0 aromatic heterocycles. The van der Waals surface area contributed by atoms with Crippen LogP contribution in [-0.4, -0.2) is 64.0 Å². The summed E-state index contributed by atoms with van der Waals surface area (Å²) >= 11 is 0. The number of hydrogen-bond acceptors (Lipinski definition) is 7. The zero-order valence-corrected chi connectivity index (χ0v) is 20.0. The van der Waals surface area contributed by atoms with Gasteiger partial charge in [-0.3, -0.25) is 5.01 Å². The van der Waals surface area contributed by atoms with Gasteiger partial charge in [0.25, 0.3) is 0 Å². The van der Waals surface area contributed by atoms with Gasteiger partial charge in [0.15, 0.2) is 5.71 Å². The monoisotopic (exact) mass is 432 g/mol. The van der Waals surface area contributed by atoms with Crippen molar-refractivity contribution in [3.8, 4) is 5.75 Å². The molecule has 0 spiro atoms. The summed E-state index contributed by atoms with van der Waals surface area (Å²) in [7, 11) is 5.50. The summed E-state index contributed by atoms with van der Waals surface area (Å²) in [6, 6.07) is 5.98. The Morgan fingerprint density at radius 3 is 2.39 bits per heavy atom. The second-order valence-corrected chi connectivity index (χ2v) is 6.68. The van der Waals surface area contributed by atoms with Crippen molar-refractivity contribution in [1.29, 1.82) is 0 Å². The Balaban J connectivity index is 3.39. The van der Waals surface area contributed by atoms with Gasteiger partial charge in [0.1, 0.15) is 17.6 Å². The fourth-order valence-electron chi connectivity index (χ4n) is 2.92. The van der Waals surface area contributed by atoms with E-state index in [0.29, 0.717) is 18.1 Å². The Bertz CT molecular complexity index is 787. The standard InChI is InChI=1S/C23H37N5O3/c1-9-28(10-2)19-13-14-20(21(17-19)30-11-3)27(8)25-22(23(29)31-12-4)18(5)26(7)16-15-24-6/h13-17,24H,5,9-12H2,1-4,6-8H3/p+1/b16-15-,25-22-. The molecule has 8 heteroatoms. The van der Waals surface area contributed by atoms with Gasteiger partial charge in [0.2, 0.25) is 0 Å². The molecule has 8 nitrogen and oxygen atoms in total. The van der Waals surface area contributed by atoms with E-state index in [-0.39, 0.29) is 12.3 Å². The Hall–Kier alpha value is -3.00. The highest BCUT2D eigenvalue weighted by molar-refractivity contribution is 6.43. The molecule has 2 N–H and O–H groups in total. The van der Waals surface area contributed by atoms with Crippen LogP contribution < -0.4 is 20.0 Å². The normalized spacial score (nSPS) is 11.4. The molecule has 1 aromatic carbocycles. The van der Waals surface area contributed by atoms with Crippen LogP contribution in [-0.2, 0) is 9.53 Å². The largest absolute Gasteiger partial charge is 0.492 e. The number of quaternary nitrogens is 1. The molecule has 0 saturated carbocycles. The summed E-state index contributed by atoms with van der Waals surface area (Å²) in [5.41, 5.74) is 2.38. The molecule has 0 aliphatic rings. The molecule has 0 unspecified atom stereocenters. The van der Waals surface area contributed by atoms with Crippen molar-refractivity contribution in [2.45, 2.75) is 27.7 Å². The number of ether oxygens (including phenoxy) is 2. The number of nitrogens with two attached hydrogens (primary N) is 1. The Labute approximate surface area is 186 Å². The highest BCUT2D eigenvalue weighted by atomic mass is 16.5. The summed E-state index contributed by atoms with van der Waals surface area (Å²) in [5.74, 6) is 0.165. The van der Waals surface area contributed by atoms with Crippen LogP contribution in [0.15, 0.2) is 48.0 Å². The molecule has 1 rings (SSSR count). The summed E-state index contributed by atoms with van der Waals surface area (Å²) in [5, 5.41) is 8.06. The highest BCUT2D eigenvalue weighted by Gasteiger charge is 2.21. The molecule has 0 bridgehead atoms. The third-order valence-corrected chi connectivity index (χ3v) is 4.64. The maximum absolute atomic E-state index is 12.6. The molecule has 0 amide bonds. The Kier molecular flexibility index (Phi) is 11.2. The summed E-state index contributed by atoms with van der Waals surface area (Å²) in [6.07, 6.45) is 3.67. The third kappa shape index (κ3) is 7.32. The minimum Gasteiger partial charge on any atom is -0.492 e. The average molecular weight is 433 g/mol. The first-order valence-electron chi connectivity index (χ1n) is 10.7. The molecule has 0 heterocycles. The fourth-order valence-corrected chi connectivity index (χ4v) is 2.92. The minimum atomic E-state index is -0.530. The van der Waals surface area contributed by atoms with Gasteiger partial charge in [-0.1, -0.05) is 6.58 Å². The van der Waals surface area contributed by atoms with Crippen LogP contribution >= 0.6 is 0 Å². The average Bonchev–Trinajstić information content (AvgIpc) is 2.76. The number of carbonyl (C=O) groups is 1. The Morgan fingerprint density at radius 1 is 1.16 bits per heavy atom. The molecule has 0 atom stereocenters. The van der Waals surface area contributed by atoms with E-state index in [0.717, 1.165) is 24.5 Å². The van der Waals surface area contributed by atoms with Crippen LogP contribution in [0.5, 0.6) is 5.75 Å². The molecule has 0 radical (unpaired) electrons. The predicted molar refractivity (Wildman–Crippen MR) is 128 cm³/mol. The van der Waals surface area contributed by atoms with Crippen LogP contribution in [0.2, 0.25) is 0 Å². The van der Waals surface area contributed by atoms with Crippen molar-refractivity contribution in [1.82, 2.24) is 4.90 Å². The summed E-state index contributed by atoms with van der Waals surface area (Å²) < 4.78 is 11.1. The summed E-state index contributed by atoms with van der Waals surface area (Å²) in [4.78, 5) is 16.6. The molecule has 0 fully saturated rings. The molecular formula is C23H38N5O3+. The maximum Gasteiger partial charge on any atom is 0.360 e. The van der Waals surface area contributed by atoms with E-state index >= 15 is 0 Å². The molecule has 0 aliphatic heterocycles. The van der Waals surface area contributed by atoms with Crippen LogP contribution in [0.3, 0.4) is 0 Å². The fraction of sp³-hybridized carbons (Fsp3) is 0.478. The van der Waals surface area contributed by atoms with Crippen LogP contribution in [0.4, 0.5) is 11.4 Å². The van der Waals surface area contributed by atoms with Gasteiger partial charge >= 0.3 is 5.97 Å². The SMILES string of the molecule is C=C(/C(=N/N(C)c1ccc(N(CC)CC)cc1OCC)C(=O)OCC)N(C)/C=C\[NH2+]C. The lowest BCUT2D eigenvalue weighted by Crippen LogP contribution is -2.72. The zero-order valence-electron chi connectivity index (χ0n) is 20.0. The first kappa shape index (κ1) is 26.0. The van der Waals surface area contributed by atoms with Crippen LogP contribution in [0.1, 0.15) is 27.7 Å². The minimum absolute atomic E-state index is 0.128. The number of rotatable bonds is 13. The number of carbonyl (C=O) groups excluding carboxylic acids is 1. The van der Waals surface area contributed by atoms with Crippen LogP contribution in [0.25, 0.3) is 0 Å². The van der Waals surface area contributed by atoms with Crippen LogP contribution in [0, 0.1) is 0 Å². The zero-order chi connectivity index (χ0) is 23.4. The number of benzene rings is 1. The lowest BCUT2D eigenvalue weighted by molar-refractivity contribution is -0.557. The van der Waals surface area contributed by atoms with Crippen molar-refractivity contribution in [2.24, 2.45) is 5.10 Å². The van der Waals surface area contributed by atoms with Crippen molar-refractivity contribution in [3.05, 3.63) is 42.9 Å². The van der Waals surface area contributed by atoms with Gasteiger partial charge in [-0.05, 0) is 39.8 Å². The van der Waals surface area contributed by atoms with Gasteiger partial charge in [0, 0.05) is 38.9 Å². The molecule has 172 valence electrons. The van der Waals surface area contributed by atoms with Gasteiger partial charge in [-0.25, -0.2) is 4.79 Å². The van der Waals surface area contributed by atoms with E-state index in [4.69, 9.17) is 9.47 Å². The predicted octanol–water partition coefficient (Wildman–Crippen LogP) is 2.40. The molecule has 1 aromatic rings. The number of hydrogen-bond donors (Lipinski definition) is 1. The Morgan fingerprint density at radius 2 is 1.84 bits per heavy atom.